The van der Waals surface area contributed by atoms with Crippen LogP contribution in [0.3, 0.4) is 0 Å². The molecule has 176 valence electrons. The van der Waals surface area contributed by atoms with Gasteiger partial charge in [0.1, 0.15) is 17.6 Å². The summed E-state index contributed by atoms with van der Waals surface area (Å²) in [7, 11) is 1.68. The van der Waals surface area contributed by atoms with E-state index in [2.05, 4.69) is 19.2 Å². The highest BCUT2D eigenvalue weighted by Gasteiger charge is 2.36. The molecule has 1 N–H and O–H groups in total. The van der Waals surface area contributed by atoms with Crippen LogP contribution in [0.15, 0.2) is 54.6 Å². The number of halogens is 1. The highest BCUT2D eigenvalue weighted by atomic mass is 35.5. The van der Waals surface area contributed by atoms with Crippen LogP contribution in [-0.2, 0) is 4.74 Å². The molecule has 0 saturated carbocycles. The fourth-order valence-corrected chi connectivity index (χ4v) is 3.94. The molecule has 1 fully saturated rings. The van der Waals surface area contributed by atoms with Crippen LogP contribution in [0.25, 0.3) is 0 Å². The van der Waals surface area contributed by atoms with Crippen LogP contribution in [-0.4, -0.2) is 62.4 Å². The number of carbonyl (C=O) groups is 1. The molecule has 1 aliphatic rings. The van der Waals surface area contributed by atoms with Gasteiger partial charge in [0.25, 0.3) is 5.91 Å². The molecule has 0 radical (unpaired) electrons. The molecule has 2 aromatic carbocycles. The molecular formula is C25H35ClN2O4. The summed E-state index contributed by atoms with van der Waals surface area (Å²) in [6.45, 7) is 6.89. The Hall–Kier alpha value is -2.28. The predicted octanol–water partition coefficient (Wildman–Crippen LogP) is 4.18. The van der Waals surface area contributed by atoms with Gasteiger partial charge in [0.2, 0.25) is 0 Å². The molecule has 2 aromatic rings. The van der Waals surface area contributed by atoms with Crippen LogP contribution in [0.1, 0.15) is 37.0 Å². The van der Waals surface area contributed by atoms with Crippen molar-refractivity contribution < 1.29 is 19.0 Å². The van der Waals surface area contributed by atoms with E-state index in [0.29, 0.717) is 31.1 Å². The lowest BCUT2D eigenvalue weighted by atomic mass is 9.99. The normalized spacial score (nSPS) is 18.0. The van der Waals surface area contributed by atoms with E-state index in [1.54, 1.807) is 7.11 Å². The first-order chi connectivity index (χ1) is 15.1. The summed E-state index contributed by atoms with van der Waals surface area (Å²) in [4.78, 5) is 15.5. The van der Waals surface area contributed by atoms with Gasteiger partial charge in [0.05, 0.1) is 12.6 Å². The largest absolute Gasteiger partial charge is 0.493 e. The average molecular weight is 463 g/mol. The first-order valence-electron chi connectivity index (χ1n) is 11.1. The lowest BCUT2D eigenvalue weighted by Crippen LogP contribution is -2.59. The summed E-state index contributed by atoms with van der Waals surface area (Å²) < 4.78 is 17.2. The minimum atomic E-state index is -0.0662. The zero-order chi connectivity index (χ0) is 22.1. The number of carbonyl (C=O) groups excluding carboxylic acids is 1. The van der Waals surface area contributed by atoms with Gasteiger partial charge >= 0.3 is 0 Å². The summed E-state index contributed by atoms with van der Waals surface area (Å²) in [5.74, 6) is 1.53. The van der Waals surface area contributed by atoms with E-state index >= 15 is 0 Å². The number of nitrogens with one attached hydrogen (secondary N) is 1. The van der Waals surface area contributed by atoms with Crippen molar-refractivity contribution in [2.24, 2.45) is 0 Å². The zero-order valence-corrected chi connectivity index (χ0v) is 20.0. The Balaban J connectivity index is 0.00000363. The molecule has 3 rings (SSSR count). The molecule has 0 aromatic heterocycles. The fourth-order valence-electron chi connectivity index (χ4n) is 3.94. The topological polar surface area (TPSA) is 60.0 Å². The number of ether oxygens (including phenoxy) is 3. The van der Waals surface area contributed by atoms with Crippen LogP contribution < -0.4 is 14.8 Å². The van der Waals surface area contributed by atoms with Gasteiger partial charge in [-0.3, -0.25) is 4.79 Å². The number of hydrogen-bond acceptors (Lipinski definition) is 5. The number of methoxy groups -OCH3 is 1. The van der Waals surface area contributed by atoms with E-state index in [1.165, 1.54) is 0 Å². The summed E-state index contributed by atoms with van der Waals surface area (Å²) >= 11 is 0. The van der Waals surface area contributed by atoms with Crippen molar-refractivity contribution in [1.82, 2.24) is 10.2 Å². The first-order valence-corrected chi connectivity index (χ1v) is 11.1. The third-order valence-electron chi connectivity index (χ3n) is 5.41. The number of para-hydroxylation sites is 1. The van der Waals surface area contributed by atoms with E-state index < -0.39 is 0 Å². The van der Waals surface area contributed by atoms with E-state index in [-0.39, 0.29) is 36.5 Å². The predicted molar refractivity (Wildman–Crippen MR) is 129 cm³/mol. The Morgan fingerprint density at radius 3 is 2.56 bits per heavy atom. The summed E-state index contributed by atoms with van der Waals surface area (Å²) in [5.41, 5.74) is 0.627. The summed E-state index contributed by atoms with van der Waals surface area (Å²) in [5, 5.41) is 3.43. The maximum absolute atomic E-state index is 13.6. The second kappa shape index (κ2) is 13.3. The second-order valence-corrected chi connectivity index (χ2v) is 8.06. The van der Waals surface area contributed by atoms with Crippen molar-refractivity contribution in [3.63, 3.8) is 0 Å². The van der Waals surface area contributed by atoms with Gasteiger partial charge < -0.3 is 24.4 Å². The van der Waals surface area contributed by atoms with Crippen LogP contribution in [0.2, 0.25) is 0 Å². The third-order valence-corrected chi connectivity index (χ3v) is 5.41. The number of amides is 1. The Bertz CT molecular complexity index is 819. The molecule has 7 heteroatoms. The smallest absolute Gasteiger partial charge is 0.254 e. The molecule has 32 heavy (non-hydrogen) atoms. The van der Waals surface area contributed by atoms with Gasteiger partial charge in [0.15, 0.2) is 0 Å². The molecule has 1 unspecified atom stereocenters. The average Bonchev–Trinajstić information content (AvgIpc) is 2.79. The van der Waals surface area contributed by atoms with Gasteiger partial charge in [-0.05, 0) is 57.1 Å². The van der Waals surface area contributed by atoms with Gasteiger partial charge in [-0.1, -0.05) is 24.3 Å². The number of hydrogen-bond donors (Lipinski definition) is 1. The van der Waals surface area contributed by atoms with Gasteiger partial charge in [-0.25, -0.2) is 0 Å². The maximum Gasteiger partial charge on any atom is 0.254 e. The quantitative estimate of drug-likeness (QED) is 0.536. The Labute approximate surface area is 197 Å². The summed E-state index contributed by atoms with van der Waals surface area (Å²) in [6, 6.07) is 17.2. The highest BCUT2D eigenvalue weighted by Crippen LogP contribution is 2.24. The molecule has 0 spiro atoms. The van der Waals surface area contributed by atoms with Crippen molar-refractivity contribution in [3.05, 3.63) is 60.2 Å². The minimum absolute atomic E-state index is 0. The van der Waals surface area contributed by atoms with Crippen LogP contribution >= 0.6 is 12.4 Å². The molecule has 1 aliphatic heterocycles. The standard InChI is InChI=1S/C25H34N2O4.ClH/c1-19(2)27(23-18-26-14-13-24(23)31-21-10-5-4-6-11-21)25(28)20-9-7-12-22(17-20)30-16-8-15-29-3;/h4-7,9-12,17,19,23-24,26H,8,13-16,18H2,1-3H3;1H/t23-,24?;/m1./s1. The monoisotopic (exact) mass is 462 g/mol. The van der Waals surface area contributed by atoms with Gasteiger partial charge in [-0.2, -0.15) is 0 Å². The molecule has 0 bridgehead atoms. The number of nitrogens with zero attached hydrogens (tertiary/aromatic N) is 1. The molecular weight excluding hydrogens is 428 g/mol. The minimum Gasteiger partial charge on any atom is -0.493 e. The van der Waals surface area contributed by atoms with E-state index in [0.717, 1.165) is 25.1 Å². The van der Waals surface area contributed by atoms with Crippen LogP contribution in [0.5, 0.6) is 11.5 Å². The van der Waals surface area contributed by atoms with Crippen LogP contribution in [0.4, 0.5) is 0 Å². The molecule has 6 nitrogen and oxygen atoms in total. The second-order valence-electron chi connectivity index (χ2n) is 8.06. The first kappa shape index (κ1) is 26.0. The molecule has 1 amide bonds. The van der Waals surface area contributed by atoms with Gasteiger partial charge in [0, 0.05) is 38.3 Å². The van der Waals surface area contributed by atoms with Crippen molar-refractivity contribution in [1.29, 1.82) is 0 Å². The number of rotatable bonds is 10. The van der Waals surface area contributed by atoms with Crippen molar-refractivity contribution >= 4 is 18.3 Å². The Morgan fingerprint density at radius 1 is 1.09 bits per heavy atom. The fraction of sp³-hybridized carbons (Fsp3) is 0.480. The lowest BCUT2D eigenvalue weighted by Gasteiger charge is -2.42. The maximum atomic E-state index is 13.6. The van der Waals surface area contributed by atoms with Crippen molar-refractivity contribution in [2.45, 2.75) is 44.9 Å². The van der Waals surface area contributed by atoms with Crippen LogP contribution in [0, 0.1) is 0 Å². The number of piperidine rings is 1. The van der Waals surface area contributed by atoms with E-state index in [4.69, 9.17) is 14.2 Å². The zero-order valence-electron chi connectivity index (χ0n) is 19.2. The third kappa shape index (κ3) is 7.12. The van der Waals surface area contributed by atoms with Gasteiger partial charge in [-0.15, -0.1) is 12.4 Å². The molecule has 1 saturated heterocycles. The Kier molecular flexibility index (Phi) is 10.8. The molecule has 1 heterocycles. The lowest BCUT2D eigenvalue weighted by molar-refractivity contribution is 0.0228. The summed E-state index contributed by atoms with van der Waals surface area (Å²) in [6.07, 6.45) is 1.58. The molecule has 2 atom stereocenters. The van der Waals surface area contributed by atoms with E-state index in [9.17, 15) is 4.79 Å². The number of benzene rings is 2. The van der Waals surface area contributed by atoms with Crippen molar-refractivity contribution in [3.8, 4) is 11.5 Å². The molecule has 0 aliphatic carbocycles. The Morgan fingerprint density at radius 2 is 1.84 bits per heavy atom. The SMILES string of the molecule is COCCCOc1cccc(C(=O)N(C(C)C)[C@@H]2CNCCC2Oc2ccccc2)c1.Cl. The highest BCUT2D eigenvalue weighted by molar-refractivity contribution is 5.95. The van der Waals surface area contributed by atoms with E-state index in [1.807, 2.05) is 59.5 Å². The van der Waals surface area contributed by atoms with Crippen molar-refractivity contribution in [2.75, 3.05) is 33.4 Å².